The zero-order valence-corrected chi connectivity index (χ0v) is 13.6. The number of ether oxygens (including phenoxy) is 2. The molecule has 3 rings (SSSR count). The highest BCUT2D eigenvalue weighted by atomic mass is 79.9. The third-order valence-electron chi connectivity index (χ3n) is 2.83. The largest absolute Gasteiger partial charge is 0.489 e. The number of benzene rings is 1. The molecule has 8 heteroatoms. The lowest BCUT2D eigenvalue weighted by Gasteiger charge is -2.11. The number of rotatable bonds is 1. The summed E-state index contributed by atoms with van der Waals surface area (Å²) in [6.07, 6.45) is 0.793. The van der Waals surface area contributed by atoms with E-state index in [2.05, 4.69) is 25.9 Å². The van der Waals surface area contributed by atoms with Crippen molar-refractivity contribution in [2.24, 2.45) is 0 Å². The van der Waals surface area contributed by atoms with Crippen LogP contribution in [-0.4, -0.2) is 23.2 Å². The van der Waals surface area contributed by atoms with Crippen molar-refractivity contribution in [1.82, 2.24) is 9.97 Å². The van der Waals surface area contributed by atoms with Crippen LogP contribution in [0.3, 0.4) is 0 Å². The summed E-state index contributed by atoms with van der Waals surface area (Å²) in [5, 5.41) is -0.651. The first-order chi connectivity index (χ1) is 10.1. The van der Waals surface area contributed by atoms with E-state index in [-0.39, 0.29) is 16.1 Å². The van der Waals surface area contributed by atoms with E-state index in [1.165, 1.54) is 0 Å². The average molecular weight is 394 g/mol. The minimum Gasteiger partial charge on any atom is -0.489 e. The Kier molecular flexibility index (Phi) is 4.19. The molecule has 1 aromatic heterocycles. The third kappa shape index (κ3) is 2.93. The Bertz CT molecular complexity index is 692. The molecule has 0 spiro atoms. The van der Waals surface area contributed by atoms with Crippen molar-refractivity contribution in [3.05, 3.63) is 32.7 Å². The first-order valence-electron chi connectivity index (χ1n) is 6.04. The molecular formula is C13H8BrCl2FN2O2. The highest BCUT2D eigenvalue weighted by molar-refractivity contribution is 9.10. The van der Waals surface area contributed by atoms with Gasteiger partial charge in [-0.2, -0.15) is 0 Å². The zero-order chi connectivity index (χ0) is 15.0. The van der Waals surface area contributed by atoms with Gasteiger partial charge >= 0.3 is 0 Å². The van der Waals surface area contributed by atoms with Crippen molar-refractivity contribution in [2.75, 3.05) is 13.2 Å². The fraction of sp³-hybridized carbons (Fsp3) is 0.231. The summed E-state index contributed by atoms with van der Waals surface area (Å²) in [6.45, 7) is 1.13. The van der Waals surface area contributed by atoms with Gasteiger partial charge in [-0.15, -0.1) is 0 Å². The normalized spacial score (nSPS) is 13.9. The molecule has 1 aliphatic heterocycles. The maximum Gasteiger partial charge on any atom is 0.197 e. The molecule has 1 aliphatic rings. The van der Waals surface area contributed by atoms with Crippen LogP contribution >= 0.6 is 39.1 Å². The molecule has 2 aromatic rings. The molecule has 0 saturated carbocycles. The van der Waals surface area contributed by atoms with Crippen LogP contribution in [0.2, 0.25) is 10.3 Å². The van der Waals surface area contributed by atoms with Gasteiger partial charge in [0.15, 0.2) is 33.4 Å². The number of hydrogen-bond acceptors (Lipinski definition) is 4. The molecule has 0 fully saturated rings. The van der Waals surface area contributed by atoms with E-state index < -0.39 is 5.82 Å². The molecule has 2 heterocycles. The van der Waals surface area contributed by atoms with Gasteiger partial charge < -0.3 is 9.47 Å². The molecule has 0 saturated heterocycles. The zero-order valence-electron chi connectivity index (χ0n) is 10.5. The van der Waals surface area contributed by atoms with Crippen LogP contribution in [0.5, 0.6) is 11.5 Å². The molecule has 110 valence electrons. The fourth-order valence-corrected chi connectivity index (χ4v) is 2.83. The van der Waals surface area contributed by atoms with Crippen LogP contribution < -0.4 is 9.47 Å². The van der Waals surface area contributed by atoms with Crippen molar-refractivity contribution in [3.63, 3.8) is 0 Å². The van der Waals surface area contributed by atoms with Gasteiger partial charge in [-0.25, -0.2) is 14.4 Å². The van der Waals surface area contributed by atoms with Gasteiger partial charge in [0.05, 0.1) is 17.7 Å². The molecule has 1 aromatic carbocycles. The predicted octanol–water partition coefficient (Wildman–Crippen LogP) is 4.51. The Hall–Kier alpha value is -1.11. The van der Waals surface area contributed by atoms with Gasteiger partial charge in [-0.05, 0) is 28.1 Å². The molecule has 0 aliphatic carbocycles. The Morgan fingerprint density at radius 2 is 1.76 bits per heavy atom. The summed E-state index contributed by atoms with van der Waals surface area (Å²) >= 11 is 14.8. The topological polar surface area (TPSA) is 44.2 Å². The van der Waals surface area contributed by atoms with E-state index in [1.54, 1.807) is 12.1 Å². The average Bonchev–Trinajstić information content (AvgIpc) is 2.69. The second-order valence-corrected chi connectivity index (χ2v) is 5.85. The Balaban J connectivity index is 2.11. The number of nitrogens with zero attached hydrogens (tertiary/aromatic N) is 2. The van der Waals surface area contributed by atoms with Gasteiger partial charge in [0, 0.05) is 12.0 Å². The quantitative estimate of drug-likeness (QED) is 0.668. The van der Waals surface area contributed by atoms with Crippen molar-refractivity contribution in [2.45, 2.75) is 6.42 Å². The Morgan fingerprint density at radius 3 is 2.48 bits per heavy atom. The van der Waals surface area contributed by atoms with E-state index in [1.807, 2.05) is 0 Å². The van der Waals surface area contributed by atoms with Gasteiger partial charge in [0.1, 0.15) is 0 Å². The highest BCUT2D eigenvalue weighted by Gasteiger charge is 2.19. The summed E-state index contributed by atoms with van der Waals surface area (Å²) in [6, 6.07) is 3.46. The van der Waals surface area contributed by atoms with Crippen molar-refractivity contribution < 1.29 is 13.9 Å². The molecule has 0 N–H and O–H groups in total. The molecule has 4 nitrogen and oxygen atoms in total. The molecule has 0 bridgehead atoms. The van der Waals surface area contributed by atoms with E-state index in [0.717, 1.165) is 6.42 Å². The summed E-state index contributed by atoms with van der Waals surface area (Å²) in [7, 11) is 0. The number of aromatic nitrogens is 2. The number of halogens is 4. The van der Waals surface area contributed by atoms with Crippen molar-refractivity contribution >= 4 is 39.1 Å². The molecule has 0 atom stereocenters. The van der Waals surface area contributed by atoms with Crippen LogP contribution in [0, 0.1) is 5.82 Å². The van der Waals surface area contributed by atoms with Crippen LogP contribution in [0.4, 0.5) is 4.39 Å². The highest BCUT2D eigenvalue weighted by Crippen LogP contribution is 2.40. The van der Waals surface area contributed by atoms with Gasteiger partial charge in [0.25, 0.3) is 0 Å². The second kappa shape index (κ2) is 5.94. The smallest absolute Gasteiger partial charge is 0.197 e. The lowest BCUT2D eigenvalue weighted by atomic mass is 10.2. The lowest BCUT2D eigenvalue weighted by molar-refractivity contribution is 0.296. The van der Waals surface area contributed by atoms with Crippen LogP contribution in [0.25, 0.3) is 11.4 Å². The van der Waals surface area contributed by atoms with Crippen LogP contribution in [-0.2, 0) is 0 Å². The van der Waals surface area contributed by atoms with Gasteiger partial charge in [-0.3, -0.25) is 0 Å². The third-order valence-corrected chi connectivity index (χ3v) is 3.92. The monoisotopic (exact) mass is 392 g/mol. The first kappa shape index (κ1) is 14.8. The molecular weight excluding hydrogens is 386 g/mol. The predicted molar refractivity (Wildman–Crippen MR) is 80.8 cm³/mol. The van der Waals surface area contributed by atoms with E-state index in [4.69, 9.17) is 32.7 Å². The van der Waals surface area contributed by atoms with E-state index in [9.17, 15) is 4.39 Å². The summed E-state index contributed by atoms with van der Waals surface area (Å²) in [5.74, 6) is 0.561. The SMILES string of the molecule is Fc1c(Cl)nc(-c2cc(Br)c3c(c2)OCCCO3)nc1Cl. The van der Waals surface area contributed by atoms with E-state index in [0.29, 0.717) is 34.7 Å². The minimum atomic E-state index is -0.838. The van der Waals surface area contributed by atoms with Crippen LogP contribution in [0.1, 0.15) is 6.42 Å². The Labute approximate surface area is 138 Å². The first-order valence-corrected chi connectivity index (χ1v) is 7.59. The maximum atomic E-state index is 13.4. The van der Waals surface area contributed by atoms with Crippen molar-refractivity contribution in [1.29, 1.82) is 0 Å². The second-order valence-electron chi connectivity index (χ2n) is 4.28. The fourth-order valence-electron chi connectivity index (χ4n) is 1.88. The molecule has 0 radical (unpaired) electrons. The minimum absolute atomic E-state index is 0.211. The molecule has 0 amide bonds. The van der Waals surface area contributed by atoms with Gasteiger partial charge in [0.2, 0.25) is 0 Å². The van der Waals surface area contributed by atoms with Crippen LogP contribution in [0.15, 0.2) is 16.6 Å². The summed E-state index contributed by atoms with van der Waals surface area (Å²) < 4.78 is 25.3. The molecule has 21 heavy (non-hydrogen) atoms. The molecule has 0 unspecified atom stereocenters. The Morgan fingerprint density at radius 1 is 1.10 bits per heavy atom. The van der Waals surface area contributed by atoms with Gasteiger partial charge in [-0.1, -0.05) is 23.2 Å². The summed E-state index contributed by atoms with van der Waals surface area (Å²) in [4.78, 5) is 7.79. The lowest BCUT2D eigenvalue weighted by Crippen LogP contribution is -1.97. The maximum absolute atomic E-state index is 13.4. The standard InChI is InChI=1S/C13H8BrCl2FN2O2/c14-7-4-6(5-8-10(7)21-3-1-2-20-8)13-18-11(15)9(17)12(16)19-13/h4-5H,1-3H2. The summed E-state index contributed by atoms with van der Waals surface area (Å²) in [5.41, 5.74) is 0.593. The van der Waals surface area contributed by atoms with E-state index >= 15 is 0 Å². The number of hydrogen-bond donors (Lipinski definition) is 0. The number of fused-ring (bicyclic) bond motifs is 1. The van der Waals surface area contributed by atoms with Crippen molar-refractivity contribution in [3.8, 4) is 22.9 Å².